The van der Waals surface area contributed by atoms with Gasteiger partial charge in [-0.25, -0.2) is 0 Å². The minimum Gasteiger partial charge on any atom is -0.388 e. The number of thiophene rings is 1. The van der Waals surface area contributed by atoms with Gasteiger partial charge in [0.05, 0.1) is 6.10 Å². The van der Waals surface area contributed by atoms with E-state index in [0.717, 1.165) is 21.4 Å². The molecule has 4 heteroatoms. The summed E-state index contributed by atoms with van der Waals surface area (Å²) in [5, 5.41) is 12.2. The number of aliphatic hydroxyl groups is 1. The highest BCUT2D eigenvalue weighted by atomic mass is 79.9. The monoisotopic (exact) mass is 311 g/mol. The molecule has 0 saturated heterocycles. The number of aryl methyl sites for hydroxylation is 2. The maximum absolute atomic E-state index is 10.2. The molecule has 0 amide bonds. The molecule has 0 aromatic carbocycles. The topological polar surface area (TPSA) is 33.1 Å². The summed E-state index contributed by atoms with van der Waals surface area (Å²) in [6, 6.07) is 5.94. The van der Waals surface area contributed by atoms with Gasteiger partial charge in [-0.1, -0.05) is 0 Å². The Hall–Kier alpha value is -0.710. The van der Waals surface area contributed by atoms with Crippen molar-refractivity contribution in [2.24, 2.45) is 0 Å². The summed E-state index contributed by atoms with van der Waals surface area (Å²) < 4.78 is 1.08. The Kier molecular flexibility index (Phi) is 3.97. The summed E-state index contributed by atoms with van der Waals surface area (Å²) in [6.07, 6.45) is 0.194. The predicted octanol–water partition coefficient (Wildman–Crippen LogP) is 3.80. The Morgan fingerprint density at radius 2 is 1.94 bits per heavy atom. The first-order chi connectivity index (χ1) is 8.04. The minimum atomic E-state index is -0.457. The molecule has 0 aliphatic rings. The van der Waals surface area contributed by atoms with Crippen molar-refractivity contribution in [1.82, 2.24) is 4.98 Å². The van der Waals surface area contributed by atoms with Gasteiger partial charge in [0.25, 0.3) is 0 Å². The summed E-state index contributed by atoms with van der Waals surface area (Å²) in [5.74, 6) is 0. The molecular formula is C13H14BrNOS. The lowest BCUT2D eigenvalue weighted by Crippen LogP contribution is -2.02. The quantitative estimate of drug-likeness (QED) is 0.935. The Balaban J connectivity index is 2.16. The summed E-state index contributed by atoms with van der Waals surface area (Å²) in [6.45, 7) is 3.90. The number of rotatable bonds is 3. The van der Waals surface area contributed by atoms with Crippen LogP contribution in [-0.4, -0.2) is 10.1 Å². The number of hydrogen-bond donors (Lipinski definition) is 1. The summed E-state index contributed by atoms with van der Waals surface area (Å²) >= 11 is 5.08. The second-order valence-corrected chi connectivity index (χ2v) is 6.05. The molecule has 0 saturated carbocycles. The van der Waals surface area contributed by atoms with Gasteiger partial charge in [-0.15, -0.1) is 11.3 Å². The van der Waals surface area contributed by atoms with E-state index < -0.39 is 6.10 Å². The van der Waals surface area contributed by atoms with E-state index in [1.165, 1.54) is 4.88 Å². The zero-order chi connectivity index (χ0) is 12.4. The molecule has 90 valence electrons. The fourth-order valence-electron chi connectivity index (χ4n) is 1.83. The molecule has 0 bridgehead atoms. The molecule has 0 aliphatic heterocycles. The molecule has 17 heavy (non-hydrogen) atoms. The van der Waals surface area contributed by atoms with Crippen LogP contribution in [0.15, 0.2) is 28.1 Å². The Bertz CT molecular complexity index is 504. The molecule has 2 rings (SSSR count). The number of aliphatic hydroxyl groups excluding tert-OH is 1. The normalized spacial score (nSPS) is 12.7. The summed E-state index contributed by atoms with van der Waals surface area (Å²) in [4.78, 5) is 5.49. The van der Waals surface area contributed by atoms with Crippen LogP contribution in [0.4, 0.5) is 0 Å². The van der Waals surface area contributed by atoms with E-state index in [1.807, 2.05) is 31.4 Å². The van der Waals surface area contributed by atoms with Crippen molar-refractivity contribution < 1.29 is 5.11 Å². The van der Waals surface area contributed by atoms with Crippen LogP contribution in [0.5, 0.6) is 0 Å². The van der Waals surface area contributed by atoms with Gasteiger partial charge in [-0.05, 0) is 53.5 Å². The van der Waals surface area contributed by atoms with Gasteiger partial charge in [0.1, 0.15) is 0 Å². The lowest BCUT2D eigenvalue weighted by atomic mass is 10.1. The smallest absolute Gasteiger partial charge is 0.0839 e. The molecule has 0 spiro atoms. The second kappa shape index (κ2) is 5.29. The largest absolute Gasteiger partial charge is 0.388 e. The summed E-state index contributed by atoms with van der Waals surface area (Å²) in [5.41, 5.74) is 2.84. The number of nitrogens with zero attached hydrogens (tertiary/aromatic N) is 1. The third-order valence-corrected chi connectivity index (χ3v) is 4.22. The Labute approximate surface area is 113 Å². The van der Waals surface area contributed by atoms with Crippen molar-refractivity contribution in [2.75, 3.05) is 0 Å². The van der Waals surface area contributed by atoms with E-state index in [9.17, 15) is 5.11 Å². The molecule has 2 aromatic rings. The summed E-state index contributed by atoms with van der Waals surface area (Å²) in [7, 11) is 0. The van der Waals surface area contributed by atoms with Crippen LogP contribution in [0.1, 0.15) is 27.9 Å². The van der Waals surface area contributed by atoms with Gasteiger partial charge >= 0.3 is 0 Å². The van der Waals surface area contributed by atoms with Crippen molar-refractivity contribution in [3.63, 3.8) is 0 Å². The minimum absolute atomic E-state index is 0.457. The molecule has 2 aromatic heterocycles. The third-order valence-electron chi connectivity index (χ3n) is 2.50. The number of halogens is 1. The van der Waals surface area contributed by atoms with E-state index in [2.05, 4.69) is 27.0 Å². The zero-order valence-electron chi connectivity index (χ0n) is 9.77. The van der Waals surface area contributed by atoms with Gasteiger partial charge in [0.15, 0.2) is 0 Å². The highest BCUT2D eigenvalue weighted by Gasteiger charge is 2.11. The first kappa shape index (κ1) is 12.7. The molecule has 0 radical (unpaired) electrons. The highest BCUT2D eigenvalue weighted by Crippen LogP contribution is 2.25. The highest BCUT2D eigenvalue weighted by molar-refractivity contribution is 9.10. The third kappa shape index (κ3) is 3.37. The number of hydrogen-bond acceptors (Lipinski definition) is 3. The van der Waals surface area contributed by atoms with Crippen molar-refractivity contribution in [3.8, 4) is 0 Å². The van der Waals surface area contributed by atoms with Crippen LogP contribution in [-0.2, 0) is 6.42 Å². The van der Waals surface area contributed by atoms with E-state index >= 15 is 0 Å². The van der Waals surface area contributed by atoms with E-state index in [1.54, 1.807) is 11.3 Å². The van der Waals surface area contributed by atoms with Crippen molar-refractivity contribution in [3.05, 3.63) is 49.9 Å². The second-order valence-electron chi connectivity index (χ2n) is 4.13. The van der Waals surface area contributed by atoms with Gasteiger partial charge < -0.3 is 5.11 Å². The van der Waals surface area contributed by atoms with Crippen LogP contribution in [0, 0.1) is 13.8 Å². The zero-order valence-corrected chi connectivity index (χ0v) is 12.2. The first-order valence-corrected chi connectivity index (χ1v) is 7.08. The Morgan fingerprint density at radius 1 is 1.29 bits per heavy atom. The molecule has 2 heterocycles. The van der Waals surface area contributed by atoms with Gasteiger partial charge in [-0.2, -0.15) is 0 Å². The molecule has 0 aliphatic carbocycles. The molecule has 1 atom stereocenters. The molecule has 1 unspecified atom stereocenters. The number of pyridine rings is 1. The van der Waals surface area contributed by atoms with Crippen LogP contribution < -0.4 is 0 Å². The van der Waals surface area contributed by atoms with Gasteiger partial charge in [-0.3, -0.25) is 4.98 Å². The SMILES string of the molecule is Cc1cc(C(O)Cc2cc(Br)cs2)cc(C)n1. The van der Waals surface area contributed by atoms with E-state index in [-0.39, 0.29) is 0 Å². The maximum atomic E-state index is 10.2. The molecule has 0 fully saturated rings. The lowest BCUT2D eigenvalue weighted by Gasteiger charge is -2.11. The van der Waals surface area contributed by atoms with E-state index in [4.69, 9.17) is 0 Å². The fraction of sp³-hybridized carbons (Fsp3) is 0.308. The molecule has 2 nitrogen and oxygen atoms in total. The average molecular weight is 312 g/mol. The predicted molar refractivity (Wildman–Crippen MR) is 74.4 cm³/mol. The van der Waals surface area contributed by atoms with Crippen molar-refractivity contribution >= 4 is 27.3 Å². The van der Waals surface area contributed by atoms with Crippen LogP contribution in [0.3, 0.4) is 0 Å². The standard InChI is InChI=1S/C13H14BrNOS/c1-8-3-10(4-9(2)15-8)13(16)6-12-5-11(14)7-17-12/h3-5,7,13,16H,6H2,1-2H3. The van der Waals surface area contributed by atoms with Gasteiger partial charge in [0.2, 0.25) is 0 Å². The van der Waals surface area contributed by atoms with Crippen LogP contribution >= 0.6 is 27.3 Å². The van der Waals surface area contributed by atoms with E-state index in [0.29, 0.717) is 6.42 Å². The average Bonchev–Trinajstić information content (AvgIpc) is 2.62. The van der Waals surface area contributed by atoms with Crippen molar-refractivity contribution in [2.45, 2.75) is 26.4 Å². The fourth-order valence-corrected chi connectivity index (χ4v) is 3.32. The lowest BCUT2D eigenvalue weighted by molar-refractivity contribution is 0.179. The molecule has 1 N–H and O–H groups in total. The first-order valence-electron chi connectivity index (χ1n) is 5.41. The van der Waals surface area contributed by atoms with Gasteiger partial charge in [0, 0.05) is 32.5 Å². The van der Waals surface area contributed by atoms with Crippen molar-refractivity contribution in [1.29, 1.82) is 0 Å². The van der Waals surface area contributed by atoms with Crippen LogP contribution in [0.25, 0.3) is 0 Å². The van der Waals surface area contributed by atoms with Crippen LogP contribution in [0.2, 0.25) is 0 Å². The number of aromatic nitrogens is 1. The maximum Gasteiger partial charge on any atom is 0.0839 e. The Morgan fingerprint density at radius 3 is 2.47 bits per heavy atom. The molecular weight excluding hydrogens is 298 g/mol.